The Hall–Kier alpha value is -0.480. The van der Waals surface area contributed by atoms with E-state index >= 15 is 0 Å². The summed E-state index contributed by atoms with van der Waals surface area (Å²) in [4.78, 5) is 0. The molecule has 1 aliphatic carbocycles. The Balaban J connectivity index is 0.00000144. The van der Waals surface area contributed by atoms with E-state index in [2.05, 4.69) is 0 Å². The van der Waals surface area contributed by atoms with Crippen LogP contribution in [0.1, 0.15) is 30.9 Å². The Morgan fingerprint density at radius 2 is 2.00 bits per heavy atom. The molecule has 0 aromatic heterocycles. The minimum atomic E-state index is -0.599. The number of aliphatic hydroxyl groups is 1. The van der Waals surface area contributed by atoms with Crippen molar-refractivity contribution in [1.82, 2.24) is 0 Å². The van der Waals surface area contributed by atoms with Crippen LogP contribution in [0.15, 0.2) is 18.2 Å². The van der Waals surface area contributed by atoms with Gasteiger partial charge in [-0.1, -0.05) is 30.2 Å². The molecule has 0 aliphatic heterocycles. The molecule has 0 saturated heterocycles. The van der Waals surface area contributed by atoms with Crippen molar-refractivity contribution in [2.45, 2.75) is 31.4 Å². The van der Waals surface area contributed by atoms with Crippen LogP contribution in [-0.2, 0) is 0 Å². The summed E-state index contributed by atoms with van der Waals surface area (Å²) in [5, 5.41) is 20.1. The van der Waals surface area contributed by atoms with Gasteiger partial charge < -0.3 is 15.9 Å². The van der Waals surface area contributed by atoms with Crippen LogP contribution in [0.3, 0.4) is 0 Å². The quantitative estimate of drug-likeness (QED) is 0.796. The molecule has 4 N–H and O–H groups in total. The standard InChI is InChI=1S/C12H16ClNO2.ClH/c13-9-6-2-5-8(12(9)16)10(14)11(15)7-3-1-4-7;/h2,5-7,10-11,15-16H,1,3-4,14H2;1H/t10-,11+;/m1./s1. The van der Waals surface area contributed by atoms with E-state index in [1.54, 1.807) is 18.2 Å². The zero-order chi connectivity index (χ0) is 11.7. The lowest BCUT2D eigenvalue weighted by atomic mass is 9.77. The summed E-state index contributed by atoms with van der Waals surface area (Å²) in [6.45, 7) is 0. The second-order valence-electron chi connectivity index (χ2n) is 4.39. The average Bonchev–Trinajstić information content (AvgIpc) is 2.18. The second-order valence-corrected chi connectivity index (χ2v) is 4.79. The first-order valence-electron chi connectivity index (χ1n) is 5.52. The Morgan fingerprint density at radius 3 is 2.53 bits per heavy atom. The van der Waals surface area contributed by atoms with Gasteiger partial charge in [0.1, 0.15) is 5.75 Å². The van der Waals surface area contributed by atoms with E-state index in [1.165, 1.54) is 0 Å². The number of phenolic OH excluding ortho intramolecular Hbond substituents is 1. The van der Waals surface area contributed by atoms with Crippen molar-refractivity contribution in [2.24, 2.45) is 11.7 Å². The number of hydrogen-bond acceptors (Lipinski definition) is 3. The first-order chi connectivity index (χ1) is 7.61. The molecule has 2 rings (SSSR count). The number of rotatable bonds is 3. The fourth-order valence-corrected chi connectivity index (χ4v) is 2.24. The van der Waals surface area contributed by atoms with Gasteiger partial charge in [-0.3, -0.25) is 0 Å². The highest BCUT2D eigenvalue weighted by atomic mass is 35.5. The molecule has 1 aromatic rings. The van der Waals surface area contributed by atoms with Crippen LogP contribution in [0.4, 0.5) is 0 Å². The third kappa shape index (κ3) is 2.86. The van der Waals surface area contributed by atoms with Crippen molar-refractivity contribution in [3.63, 3.8) is 0 Å². The van der Waals surface area contributed by atoms with Gasteiger partial charge in [-0.25, -0.2) is 0 Å². The number of phenols is 1. The maximum Gasteiger partial charge on any atom is 0.139 e. The summed E-state index contributed by atoms with van der Waals surface area (Å²) in [6, 6.07) is 4.46. The third-order valence-corrected chi connectivity index (χ3v) is 3.68. The van der Waals surface area contributed by atoms with Gasteiger partial charge in [0.2, 0.25) is 0 Å². The molecular formula is C12H17Cl2NO2. The Labute approximate surface area is 112 Å². The van der Waals surface area contributed by atoms with Gasteiger partial charge in [-0.15, -0.1) is 12.4 Å². The normalized spacial score (nSPS) is 19.0. The van der Waals surface area contributed by atoms with Gasteiger partial charge in [0.25, 0.3) is 0 Å². The fourth-order valence-electron chi connectivity index (χ4n) is 2.06. The van der Waals surface area contributed by atoms with E-state index in [4.69, 9.17) is 17.3 Å². The summed E-state index contributed by atoms with van der Waals surface area (Å²) >= 11 is 5.80. The average molecular weight is 278 g/mol. The largest absolute Gasteiger partial charge is 0.506 e. The van der Waals surface area contributed by atoms with Gasteiger partial charge in [0.05, 0.1) is 17.2 Å². The van der Waals surface area contributed by atoms with E-state index in [0.717, 1.165) is 19.3 Å². The topological polar surface area (TPSA) is 66.5 Å². The molecule has 5 heteroatoms. The number of hydrogen-bond donors (Lipinski definition) is 3. The van der Waals surface area contributed by atoms with E-state index in [1.807, 2.05) is 0 Å². The van der Waals surface area contributed by atoms with Crippen molar-refractivity contribution >= 4 is 24.0 Å². The third-order valence-electron chi connectivity index (χ3n) is 3.38. The SMILES string of the molecule is Cl.N[C@H](c1cccc(Cl)c1O)[C@@H](O)C1CCC1. The van der Waals surface area contributed by atoms with Gasteiger partial charge in [0.15, 0.2) is 0 Å². The van der Waals surface area contributed by atoms with Gasteiger partial charge in [0, 0.05) is 5.56 Å². The van der Waals surface area contributed by atoms with Crippen molar-refractivity contribution in [3.05, 3.63) is 28.8 Å². The minimum Gasteiger partial charge on any atom is -0.506 e. The van der Waals surface area contributed by atoms with E-state index in [-0.39, 0.29) is 29.1 Å². The van der Waals surface area contributed by atoms with Crippen LogP contribution in [0.2, 0.25) is 5.02 Å². The van der Waals surface area contributed by atoms with Gasteiger partial charge in [-0.2, -0.15) is 0 Å². The van der Waals surface area contributed by atoms with Crippen LogP contribution >= 0.6 is 24.0 Å². The number of nitrogens with two attached hydrogens (primary N) is 1. The number of para-hydroxylation sites is 1. The molecule has 1 aliphatic rings. The molecule has 1 aromatic carbocycles. The van der Waals surface area contributed by atoms with Crippen LogP contribution in [0.25, 0.3) is 0 Å². The maximum atomic E-state index is 10.0. The summed E-state index contributed by atoms with van der Waals surface area (Å²) in [5.74, 6) is 0.239. The van der Waals surface area contributed by atoms with Crippen LogP contribution in [-0.4, -0.2) is 16.3 Å². The highest BCUT2D eigenvalue weighted by molar-refractivity contribution is 6.32. The van der Waals surface area contributed by atoms with Crippen molar-refractivity contribution < 1.29 is 10.2 Å². The number of halogens is 2. The van der Waals surface area contributed by atoms with Crippen LogP contribution < -0.4 is 5.73 Å². The summed E-state index contributed by atoms with van der Waals surface area (Å²) in [5.41, 5.74) is 6.47. The molecule has 0 radical (unpaired) electrons. The molecule has 1 saturated carbocycles. The first-order valence-corrected chi connectivity index (χ1v) is 5.90. The lowest BCUT2D eigenvalue weighted by Gasteiger charge is -2.34. The van der Waals surface area contributed by atoms with Gasteiger partial charge >= 0.3 is 0 Å². The maximum absolute atomic E-state index is 10.0. The van der Waals surface area contributed by atoms with Crippen molar-refractivity contribution in [2.75, 3.05) is 0 Å². The second kappa shape index (κ2) is 5.91. The molecule has 96 valence electrons. The lowest BCUT2D eigenvalue weighted by Crippen LogP contribution is -2.36. The molecule has 3 nitrogen and oxygen atoms in total. The summed E-state index contributed by atoms with van der Waals surface area (Å²) in [6.07, 6.45) is 2.57. The minimum absolute atomic E-state index is 0. The molecular weight excluding hydrogens is 261 g/mol. The molecule has 2 atom stereocenters. The molecule has 1 fully saturated rings. The predicted octanol–water partition coefficient (Wildman–Crippen LogP) is 2.63. The number of aromatic hydroxyl groups is 1. The molecule has 0 heterocycles. The first kappa shape index (κ1) is 14.6. The number of aliphatic hydroxyl groups excluding tert-OH is 1. The highest BCUT2D eigenvalue weighted by Gasteiger charge is 2.31. The smallest absolute Gasteiger partial charge is 0.139 e. The predicted molar refractivity (Wildman–Crippen MR) is 70.6 cm³/mol. The van der Waals surface area contributed by atoms with E-state index < -0.39 is 12.1 Å². The van der Waals surface area contributed by atoms with Crippen LogP contribution in [0.5, 0.6) is 5.75 Å². The molecule has 0 bridgehead atoms. The van der Waals surface area contributed by atoms with Gasteiger partial charge in [-0.05, 0) is 24.8 Å². The summed E-state index contributed by atoms with van der Waals surface area (Å²) < 4.78 is 0. The van der Waals surface area contributed by atoms with Crippen molar-refractivity contribution in [3.8, 4) is 5.75 Å². The van der Waals surface area contributed by atoms with Crippen molar-refractivity contribution in [1.29, 1.82) is 0 Å². The fraction of sp³-hybridized carbons (Fsp3) is 0.500. The Morgan fingerprint density at radius 1 is 1.35 bits per heavy atom. The Kier molecular flexibility index (Phi) is 5.07. The summed E-state index contributed by atoms with van der Waals surface area (Å²) in [7, 11) is 0. The zero-order valence-electron chi connectivity index (χ0n) is 9.34. The van der Waals surface area contributed by atoms with E-state index in [9.17, 15) is 10.2 Å². The Bertz CT molecular complexity index is 383. The molecule has 0 unspecified atom stereocenters. The number of benzene rings is 1. The highest BCUT2D eigenvalue weighted by Crippen LogP contribution is 2.38. The molecule has 17 heavy (non-hydrogen) atoms. The van der Waals surface area contributed by atoms with Crippen LogP contribution in [0, 0.1) is 5.92 Å². The monoisotopic (exact) mass is 277 g/mol. The lowest BCUT2D eigenvalue weighted by molar-refractivity contribution is 0.0408. The zero-order valence-corrected chi connectivity index (χ0v) is 10.9. The molecule has 0 spiro atoms. The molecule has 0 amide bonds. The van der Waals surface area contributed by atoms with E-state index in [0.29, 0.717) is 5.56 Å².